The Hall–Kier alpha value is -3.92. The lowest BCUT2D eigenvalue weighted by molar-refractivity contribution is -0.137. The molecule has 0 atom stereocenters. The standard InChI is InChI=1S/C26H27F3N6O.C2H6/c27-26(28,29)21-13-20(15-32-25(21)30)19-10-11-23-33-22(17-35(23)16-19)34-24(36)9-5-2-6-12-31-14-18-7-3-1-4-8-18;1-2/h1,3-4,7-8,10-11,13,15-17,31H,2,5-6,9,12,14H2,(H2,30,32)(H,34,36);1-2H3. The van der Waals surface area contributed by atoms with Crippen molar-refractivity contribution < 1.29 is 18.0 Å². The summed E-state index contributed by atoms with van der Waals surface area (Å²) in [7, 11) is 0. The van der Waals surface area contributed by atoms with Crippen LogP contribution in [0.4, 0.5) is 24.8 Å². The number of imidazole rings is 1. The van der Waals surface area contributed by atoms with Gasteiger partial charge in [0, 0.05) is 36.5 Å². The van der Waals surface area contributed by atoms with E-state index >= 15 is 0 Å². The first kappa shape index (κ1) is 28.6. The zero-order valence-electron chi connectivity index (χ0n) is 21.6. The molecule has 0 fully saturated rings. The quantitative estimate of drug-likeness (QED) is 0.210. The van der Waals surface area contributed by atoms with Gasteiger partial charge in [-0.1, -0.05) is 50.6 Å². The van der Waals surface area contributed by atoms with E-state index in [1.54, 1.807) is 28.9 Å². The number of benzene rings is 1. The predicted molar refractivity (Wildman–Crippen MR) is 144 cm³/mol. The molecular weight excluding hydrogens is 493 g/mol. The summed E-state index contributed by atoms with van der Waals surface area (Å²) in [6.45, 7) is 5.72. The molecule has 4 aromatic rings. The molecule has 0 bridgehead atoms. The monoisotopic (exact) mass is 526 g/mol. The number of unbranched alkanes of at least 4 members (excludes halogenated alkanes) is 2. The van der Waals surface area contributed by atoms with Gasteiger partial charge in [-0.15, -0.1) is 0 Å². The molecule has 0 aliphatic rings. The lowest BCUT2D eigenvalue weighted by atomic mass is 10.1. The first-order valence-electron chi connectivity index (χ1n) is 12.7. The van der Waals surface area contributed by atoms with Crippen molar-refractivity contribution in [3.05, 3.63) is 78.2 Å². The SMILES string of the molecule is CC.Nc1ncc(-c2ccc3nc(NC(=O)CCCCCNCc4ccccc4)cn3c2)cc1C(F)(F)F. The van der Waals surface area contributed by atoms with Gasteiger partial charge in [-0.05, 0) is 43.1 Å². The Labute approximate surface area is 220 Å². The highest BCUT2D eigenvalue weighted by molar-refractivity contribution is 5.90. The molecule has 202 valence electrons. The van der Waals surface area contributed by atoms with Gasteiger partial charge in [0.05, 0.1) is 11.8 Å². The molecule has 3 aromatic heterocycles. The van der Waals surface area contributed by atoms with Crippen molar-refractivity contribution in [1.82, 2.24) is 19.7 Å². The molecule has 0 spiro atoms. The number of rotatable bonds is 10. The summed E-state index contributed by atoms with van der Waals surface area (Å²) in [5, 5.41) is 6.18. The zero-order valence-corrected chi connectivity index (χ0v) is 21.6. The van der Waals surface area contributed by atoms with Gasteiger partial charge in [0.15, 0.2) is 5.82 Å². The summed E-state index contributed by atoms with van der Waals surface area (Å²) in [6, 6.07) is 14.5. The fraction of sp³-hybridized carbons (Fsp3) is 0.321. The van der Waals surface area contributed by atoms with Gasteiger partial charge in [-0.2, -0.15) is 13.2 Å². The molecule has 1 amide bonds. The van der Waals surface area contributed by atoms with Crippen LogP contribution in [0.1, 0.15) is 50.7 Å². The lowest BCUT2D eigenvalue weighted by Gasteiger charge is -2.11. The van der Waals surface area contributed by atoms with Crippen molar-refractivity contribution in [3.63, 3.8) is 0 Å². The van der Waals surface area contributed by atoms with E-state index in [0.29, 0.717) is 23.4 Å². The number of nitrogens with zero attached hydrogens (tertiary/aromatic N) is 3. The number of amides is 1. The fourth-order valence-electron chi connectivity index (χ4n) is 3.83. The summed E-state index contributed by atoms with van der Waals surface area (Å²) in [5.74, 6) is -0.315. The Morgan fingerprint density at radius 3 is 2.50 bits per heavy atom. The third kappa shape index (κ3) is 8.04. The fourth-order valence-corrected chi connectivity index (χ4v) is 3.83. The Kier molecular flexibility index (Phi) is 10.2. The molecule has 0 radical (unpaired) electrons. The van der Waals surface area contributed by atoms with Crippen molar-refractivity contribution in [1.29, 1.82) is 0 Å². The first-order valence-corrected chi connectivity index (χ1v) is 12.7. The zero-order chi connectivity index (χ0) is 27.5. The van der Waals surface area contributed by atoms with Crippen LogP contribution in [0.15, 0.2) is 67.1 Å². The number of fused-ring (bicyclic) bond motifs is 1. The number of aromatic nitrogens is 3. The number of carbonyl (C=O) groups is 1. The van der Waals surface area contributed by atoms with Gasteiger partial charge in [-0.3, -0.25) is 4.79 Å². The number of alkyl halides is 3. The number of halogens is 3. The lowest BCUT2D eigenvalue weighted by Crippen LogP contribution is -2.15. The number of hydrogen-bond acceptors (Lipinski definition) is 5. The largest absolute Gasteiger partial charge is 0.419 e. The molecule has 1 aromatic carbocycles. The van der Waals surface area contributed by atoms with Gasteiger partial charge in [-0.25, -0.2) is 9.97 Å². The third-order valence-corrected chi connectivity index (χ3v) is 5.71. The highest BCUT2D eigenvalue weighted by Crippen LogP contribution is 2.35. The van der Waals surface area contributed by atoms with Crippen LogP contribution in [0.3, 0.4) is 0 Å². The maximum atomic E-state index is 13.2. The minimum atomic E-state index is -4.59. The molecule has 7 nitrogen and oxygen atoms in total. The second kappa shape index (κ2) is 13.6. The van der Waals surface area contributed by atoms with Crippen molar-refractivity contribution in [2.75, 3.05) is 17.6 Å². The molecule has 0 aliphatic carbocycles. The van der Waals surface area contributed by atoms with Crippen LogP contribution in [0.2, 0.25) is 0 Å². The molecule has 10 heteroatoms. The van der Waals surface area contributed by atoms with Crippen LogP contribution < -0.4 is 16.4 Å². The molecular formula is C28H33F3N6O. The third-order valence-electron chi connectivity index (χ3n) is 5.71. The van der Waals surface area contributed by atoms with E-state index < -0.39 is 17.6 Å². The molecule has 0 unspecified atom stereocenters. The Morgan fingerprint density at radius 2 is 1.76 bits per heavy atom. The van der Waals surface area contributed by atoms with Gasteiger partial charge in [0.2, 0.25) is 5.91 Å². The maximum Gasteiger partial charge on any atom is 0.419 e. The molecule has 0 saturated heterocycles. The highest BCUT2D eigenvalue weighted by Gasteiger charge is 2.34. The van der Waals surface area contributed by atoms with Gasteiger partial charge in [0.1, 0.15) is 11.5 Å². The van der Waals surface area contributed by atoms with Crippen molar-refractivity contribution in [2.24, 2.45) is 0 Å². The second-order valence-corrected chi connectivity index (χ2v) is 8.49. The number of anilines is 2. The first-order chi connectivity index (χ1) is 18.3. The summed E-state index contributed by atoms with van der Waals surface area (Å²) >= 11 is 0. The van der Waals surface area contributed by atoms with Crippen LogP contribution in [0.5, 0.6) is 0 Å². The van der Waals surface area contributed by atoms with Crippen molar-refractivity contribution >= 4 is 23.2 Å². The van der Waals surface area contributed by atoms with E-state index in [4.69, 9.17) is 5.73 Å². The number of pyridine rings is 2. The summed E-state index contributed by atoms with van der Waals surface area (Å²) in [5.41, 5.74) is 6.99. The van der Waals surface area contributed by atoms with E-state index in [9.17, 15) is 18.0 Å². The molecule has 4 N–H and O–H groups in total. The van der Waals surface area contributed by atoms with Crippen LogP contribution >= 0.6 is 0 Å². The van der Waals surface area contributed by atoms with Crippen LogP contribution in [0.25, 0.3) is 16.8 Å². The highest BCUT2D eigenvalue weighted by atomic mass is 19.4. The smallest absolute Gasteiger partial charge is 0.383 e. The van der Waals surface area contributed by atoms with E-state index in [2.05, 4.69) is 32.7 Å². The molecule has 0 aliphatic heterocycles. The number of hydrogen-bond donors (Lipinski definition) is 3. The minimum absolute atomic E-state index is 0.131. The van der Waals surface area contributed by atoms with Crippen LogP contribution in [-0.4, -0.2) is 26.8 Å². The van der Waals surface area contributed by atoms with Gasteiger partial charge >= 0.3 is 6.18 Å². The molecule has 4 rings (SSSR count). The predicted octanol–water partition coefficient (Wildman–Crippen LogP) is 6.31. The normalized spacial score (nSPS) is 11.2. The molecule has 38 heavy (non-hydrogen) atoms. The van der Waals surface area contributed by atoms with Crippen molar-refractivity contribution in [3.8, 4) is 11.1 Å². The van der Waals surface area contributed by atoms with E-state index in [0.717, 1.165) is 38.4 Å². The minimum Gasteiger partial charge on any atom is -0.383 e. The number of nitrogens with two attached hydrogens (primary N) is 1. The number of nitrogen functional groups attached to an aromatic ring is 1. The molecule has 0 saturated carbocycles. The number of carbonyl (C=O) groups excluding carboxylic acids is 1. The molecule has 3 heterocycles. The average molecular weight is 527 g/mol. The van der Waals surface area contributed by atoms with Gasteiger partial charge < -0.3 is 20.8 Å². The van der Waals surface area contributed by atoms with Crippen molar-refractivity contribution in [2.45, 2.75) is 52.3 Å². The topological polar surface area (TPSA) is 97.3 Å². The Morgan fingerprint density at radius 1 is 1.00 bits per heavy atom. The second-order valence-electron chi connectivity index (χ2n) is 8.49. The Bertz CT molecular complexity index is 1320. The van der Waals surface area contributed by atoms with Crippen LogP contribution in [-0.2, 0) is 17.5 Å². The Balaban J connectivity index is 0.00000195. The summed E-state index contributed by atoms with van der Waals surface area (Å²) < 4.78 is 41.2. The number of nitrogens with one attached hydrogen (secondary N) is 2. The summed E-state index contributed by atoms with van der Waals surface area (Å²) in [6.07, 6.45) is 3.02. The average Bonchev–Trinajstić information content (AvgIpc) is 3.31. The van der Waals surface area contributed by atoms with Gasteiger partial charge in [0.25, 0.3) is 0 Å². The maximum absolute atomic E-state index is 13.2. The van der Waals surface area contributed by atoms with E-state index in [-0.39, 0.29) is 11.5 Å². The van der Waals surface area contributed by atoms with E-state index in [1.807, 2.05) is 32.0 Å². The summed E-state index contributed by atoms with van der Waals surface area (Å²) in [4.78, 5) is 20.4. The van der Waals surface area contributed by atoms with E-state index in [1.165, 1.54) is 11.8 Å². The van der Waals surface area contributed by atoms with Crippen LogP contribution in [0, 0.1) is 0 Å².